The number of thiophene rings is 1. The van der Waals surface area contributed by atoms with Crippen molar-refractivity contribution >= 4 is 37.3 Å². The fraction of sp³-hybridized carbons (Fsp3) is 0.714. The Morgan fingerprint density at radius 1 is 1.15 bits per heavy atom. The summed E-state index contributed by atoms with van der Waals surface area (Å²) in [5, 5.41) is 0. The lowest BCUT2D eigenvalue weighted by Crippen LogP contribution is -2.37. The summed E-state index contributed by atoms with van der Waals surface area (Å²) in [6, 6.07) is 3.80. The molecule has 2 aliphatic rings. The zero-order valence-electron chi connectivity index (χ0n) is 11.4. The molecule has 0 aliphatic heterocycles. The largest absolute Gasteiger partial charge is 0.252 e. The van der Waals surface area contributed by atoms with Gasteiger partial charge >= 0.3 is 0 Å². The number of hydrogen-bond acceptors (Lipinski definition) is 3. The molecule has 1 aromatic heterocycles. The summed E-state index contributed by atoms with van der Waals surface area (Å²) in [6.07, 6.45) is 8.25. The Labute approximate surface area is 133 Å². The van der Waals surface area contributed by atoms with Gasteiger partial charge < -0.3 is 0 Å². The minimum absolute atomic E-state index is 0.253. The third-order valence-electron chi connectivity index (χ3n) is 4.23. The van der Waals surface area contributed by atoms with Gasteiger partial charge in [0.05, 0.1) is 3.79 Å². The van der Waals surface area contributed by atoms with E-state index < -0.39 is 10.0 Å². The number of rotatable bonds is 5. The molecule has 3 rings (SSSR count). The van der Waals surface area contributed by atoms with Crippen LogP contribution in [0.1, 0.15) is 44.9 Å². The summed E-state index contributed by atoms with van der Waals surface area (Å²) in [5.41, 5.74) is 0. The lowest BCUT2D eigenvalue weighted by molar-refractivity contribution is 0.275. The van der Waals surface area contributed by atoms with E-state index in [2.05, 4.69) is 15.9 Å². The van der Waals surface area contributed by atoms with E-state index in [0.717, 1.165) is 23.2 Å². The molecule has 0 aromatic carbocycles. The van der Waals surface area contributed by atoms with Gasteiger partial charge in [-0.25, -0.2) is 8.42 Å². The van der Waals surface area contributed by atoms with E-state index in [4.69, 9.17) is 0 Å². The maximum absolute atomic E-state index is 12.8. The number of hydrogen-bond donors (Lipinski definition) is 0. The Balaban J connectivity index is 1.79. The Hall–Kier alpha value is 0.0900. The van der Waals surface area contributed by atoms with Crippen LogP contribution < -0.4 is 0 Å². The molecule has 2 fully saturated rings. The first-order chi connectivity index (χ1) is 9.57. The molecule has 0 unspecified atom stereocenters. The molecule has 20 heavy (non-hydrogen) atoms. The normalized spacial score (nSPS) is 21.5. The van der Waals surface area contributed by atoms with E-state index in [0.29, 0.717) is 10.1 Å². The summed E-state index contributed by atoms with van der Waals surface area (Å²) >= 11 is 4.68. The van der Waals surface area contributed by atoms with Crippen LogP contribution in [0.15, 0.2) is 20.1 Å². The van der Waals surface area contributed by atoms with Crippen molar-refractivity contribution in [1.82, 2.24) is 4.31 Å². The third kappa shape index (κ3) is 3.29. The van der Waals surface area contributed by atoms with Gasteiger partial charge in [0.25, 0.3) is 10.0 Å². The zero-order chi connectivity index (χ0) is 14.2. The smallest absolute Gasteiger partial charge is 0.206 e. The second-order valence-electron chi connectivity index (χ2n) is 5.87. The van der Waals surface area contributed by atoms with Gasteiger partial charge in [-0.2, -0.15) is 4.31 Å². The molecule has 0 atom stereocenters. The van der Waals surface area contributed by atoms with Crippen LogP contribution in [-0.4, -0.2) is 25.3 Å². The summed E-state index contributed by atoms with van der Waals surface area (Å²) in [5.74, 6) is 0.558. The van der Waals surface area contributed by atoms with Crippen molar-refractivity contribution in [3.63, 3.8) is 0 Å². The second-order valence-corrected chi connectivity index (χ2v) is 10.4. The van der Waals surface area contributed by atoms with E-state index in [1.807, 2.05) is 6.07 Å². The standard InChI is InChI=1S/C14H20BrNO2S2/c15-13-8-9-14(19-13)20(17,18)16(12-6-7-12)10-11-4-2-1-3-5-11/h8-9,11-12H,1-7,10H2. The predicted octanol–water partition coefficient (Wildman–Crippen LogP) is 4.24. The SMILES string of the molecule is O=S(=O)(c1ccc(Br)s1)N(CC1CCCCC1)C1CC1. The molecular formula is C14H20BrNO2S2. The Kier molecular flexibility index (Phi) is 4.55. The van der Waals surface area contributed by atoms with E-state index in [9.17, 15) is 8.42 Å². The summed E-state index contributed by atoms with van der Waals surface area (Å²) in [6.45, 7) is 0.725. The van der Waals surface area contributed by atoms with Crippen molar-refractivity contribution in [2.24, 2.45) is 5.92 Å². The van der Waals surface area contributed by atoms with Gasteiger partial charge in [-0.1, -0.05) is 19.3 Å². The highest BCUT2D eigenvalue weighted by molar-refractivity contribution is 9.11. The Morgan fingerprint density at radius 3 is 2.40 bits per heavy atom. The maximum Gasteiger partial charge on any atom is 0.252 e. The van der Waals surface area contributed by atoms with Crippen LogP contribution in [0.25, 0.3) is 0 Å². The average molecular weight is 378 g/mol. The molecule has 0 bridgehead atoms. The molecule has 112 valence electrons. The molecule has 1 aromatic rings. The molecule has 1 heterocycles. The number of halogens is 1. The molecule has 3 nitrogen and oxygen atoms in total. The summed E-state index contributed by atoms with van der Waals surface area (Å²) in [7, 11) is -3.29. The first kappa shape index (κ1) is 15.0. The highest BCUT2D eigenvalue weighted by atomic mass is 79.9. The molecule has 0 radical (unpaired) electrons. The van der Waals surface area contributed by atoms with E-state index in [1.54, 1.807) is 10.4 Å². The van der Waals surface area contributed by atoms with E-state index in [-0.39, 0.29) is 6.04 Å². The van der Waals surface area contributed by atoms with Gasteiger partial charge in [-0.3, -0.25) is 0 Å². The van der Waals surface area contributed by atoms with Crippen molar-refractivity contribution < 1.29 is 8.42 Å². The van der Waals surface area contributed by atoms with Gasteiger partial charge in [0.15, 0.2) is 0 Å². The molecule has 0 saturated heterocycles. The van der Waals surface area contributed by atoms with Gasteiger partial charge in [-0.05, 0) is 59.7 Å². The monoisotopic (exact) mass is 377 g/mol. The van der Waals surface area contributed by atoms with Crippen LogP contribution >= 0.6 is 27.3 Å². The van der Waals surface area contributed by atoms with Gasteiger partial charge in [0.1, 0.15) is 4.21 Å². The lowest BCUT2D eigenvalue weighted by Gasteiger charge is -2.28. The van der Waals surface area contributed by atoms with Gasteiger partial charge in [0.2, 0.25) is 0 Å². The first-order valence-electron chi connectivity index (χ1n) is 7.34. The van der Waals surface area contributed by atoms with Crippen molar-refractivity contribution in [1.29, 1.82) is 0 Å². The molecular weight excluding hydrogens is 358 g/mol. The number of sulfonamides is 1. The highest BCUT2D eigenvalue weighted by Crippen LogP contribution is 2.37. The zero-order valence-corrected chi connectivity index (χ0v) is 14.6. The van der Waals surface area contributed by atoms with E-state index in [1.165, 1.54) is 43.4 Å². The van der Waals surface area contributed by atoms with E-state index >= 15 is 0 Å². The minimum Gasteiger partial charge on any atom is -0.206 e. The number of nitrogens with zero attached hydrogens (tertiary/aromatic N) is 1. The molecule has 0 amide bonds. The molecule has 0 spiro atoms. The topological polar surface area (TPSA) is 37.4 Å². The Morgan fingerprint density at radius 2 is 1.85 bits per heavy atom. The van der Waals surface area contributed by atoms with Crippen LogP contribution in [0.5, 0.6) is 0 Å². The fourth-order valence-electron chi connectivity index (χ4n) is 2.98. The van der Waals surface area contributed by atoms with Crippen molar-refractivity contribution in [3.05, 3.63) is 15.9 Å². The second kappa shape index (κ2) is 6.07. The first-order valence-corrected chi connectivity index (χ1v) is 10.4. The lowest BCUT2D eigenvalue weighted by atomic mass is 9.89. The summed E-state index contributed by atoms with van der Waals surface area (Å²) < 4.78 is 28.8. The van der Waals surface area contributed by atoms with Crippen molar-refractivity contribution in [3.8, 4) is 0 Å². The molecule has 2 saturated carbocycles. The minimum atomic E-state index is -3.29. The average Bonchev–Trinajstić information content (AvgIpc) is 3.17. The maximum atomic E-state index is 12.8. The summed E-state index contributed by atoms with van der Waals surface area (Å²) in [4.78, 5) is 0. The predicted molar refractivity (Wildman–Crippen MR) is 85.5 cm³/mol. The molecule has 0 N–H and O–H groups in total. The van der Waals surface area contributed by atoms with Crippen molar-refractivity contribution in [2.75, 3.05) is 6.54 Å². The highest BCUT2D eigenvalue weighted by Gasteiger charge is 2.39. The van der Waals surface area contributed by atoms with Crippen LogP contribution in [0, 0.1) is 5.92 Å². The quantitative estimate of drug-likeness (QED) is 0.768. The van der Waals surface area contributed by atoms with Crippen LogP contribution in [0.4, 0.5) is 0 Å². The molecule has 6 heteroatoms. The van der Waals surface area contributed by atoms with Crippen LogP contribution in [0.2, 0.25) is 0 Å². The van der Waals surface area contributed by atoms with Crippen LogP contribution in [-0.2, 0) is 10.0 Å². The Bertz CT molecular complexity index is 559. The molecule has 2 aliphatic carbocycles. The van der Waals surface area contributed by atoms with Crippen molar-refractivity contribution in [2.45, 2.75) is 55.2 Å². The third-order valence-corrected chi connectivity index (χ3v) is 8.24. The fourth-order valence-corrected chi connectivity index (χ4v) is 6.88. The van der Waals surface area contributed by atoms with Gasteiger partial charge in [-0.15, -0.1) is 11.3 Å². The van der Waals surface area contributed by atoms with Crippen LogP contribution in [0.3, 0.4) is 0 Å². The van der Waals surface area contributed by atoms with Gasteiger partial charge in [0, 0.05) is 12.6 Å².